The Hall–Kier alpha value is -0.910. The summed E-state index contributed by atoms with van der Waals surface area (Å²) in [6, 6.07) is 0.378. The number of nitrogens with one attached hydrogen (secondary N) is 1. The van der Waals surface area contributed by atoms with Gasteiger partial charge in [-0.15, -0.1) is 0 Å². The van der Waals surface area contributed by atoms with Crippen molar-refractivity contribution in [3.63, 3.8) is 0 Å². The van der Waals surface area contributed by atoms with Crippen molar-refractivity contribution in [2.24, 2.45) is 5.73 Å². The van der Waals surface area contributed by atoms with Crippen LogP contribution in [0.3, 0.4) is 0 Å². The van der Waals surface area contributed by atoms with Gasteiger partial charge in [0.25, 0.3) is 0 Å². The van der Waals surface area contributed by atoms with Gasteiger partial charge in [0.2, 0.25) is 5.95 Å². The molecule has 1 aromatic rings. The third-order valence-corrected chi connectivity index (χ3v) is 3.49. The molecule has 0 unspecified atom stereocenters. The molecule has 0 atom stereocenters. The maximum Gasteiger partial charge on any atom is 0.222 e. The molecule has 1 aromatic heterocycles. The van der Waals surface area contributed by atoms with E-state index in [0.717, 1.165) is 45.3 Å². The zero-order valence-corrected chi connectivity index (χ0v) is 11.8. The number of nitrogens with zero attached hydrogens (tertiary/aromatic N) is 2. The minimum Gasteiger partial charge on any atom is -0.378 e. The van der Waals surface area contributed by atoms with E-state index in [2.05, 4.69) is 15.3 Å². The predicted molar refractivity (Wildman–Crippen MR) is 76.3 cm³/mol. The summed E-state index contributed by atoms with van der Waals surface area (Å²) in [5.41, 5.74) is 5.86. The normalized spacial score (nSPS) is 23.3. The van der Waals surface area contributed by atoms with Gasteiger partial charge in [-0.2, -0.15) is 0 Å². The van der Waals surface area contributed by atoms with Gasteiger partial charge >= 0.3 is 0 Å². The molecule has 0 aromatic carbocycles. The van der Waals surface area contributed by atoms with Gasteiger partial charge < -0.3 is 15.8 Å². The van der Waals surface area contributed by atoms with E-state index in [9.17, 15) is 0 Å². The Morgan fingerprint density at radius 3 is 2.63 bits per heavy atom. The van der Waals surface area contributed by atoms with Gasteiger partial charge in [0.1, 0.15) is 0 Å². The Bertz CT molecular complexity index is 365. The molecule has 5 nitrogen and oxygen atoms in total. The van der Waals surface area contributed by atoms with E-state index < -0.39 is 0 Å². The van der Waals surface area contributed by atoms with Crippen LogP contribution in [-0.4, -0.2) is 35.3 Å². The second kappa shape index (κ2) is 7.62. The minimum atomic E-state index is 0.378. The summed E-state index contributed by atoms with van der Waals surface area (Å²) in [6.07, 6.45) is 8.85. The summed E-state index contributed by atoms with van der Waals surface area (Å²) in [5, 5.41) is 3.68. The lowest BCUT2D eigenvalue weighted by Gasteiger charge is -2.26. The van der Waals surface area contributed by atoms with Gasteiger partial charge in [0, 0.05) is 19.2 Å². The van der Waals surface area contributed by atoms with Crippen molar-refractivity contribution in [3.05, 3.63) is 17.4 Å². The van der Waals surface area contributed by atoms with E-state index in [1.54, 1.807) is 12.4 Å². The highest BCUT2D eigenvalue weighted by Crippen LogP contribution is 2.19. The number of halogens is 1. The lowest BCUT2D eigenvalue weighted by atomic mass is 9.94. The molecule has 1 aliphatic rings. The summed E-state index contributed by atoms with van der Waals surface area (Å²) in [4.78, 5) is 8.13. The van der Waals surface area contributed by atoms with E-state index in [1.807, 2.05) is 0 Å². The summed E-state index contributed by atoms with van der Waals surface area (Å²) in [6.45, 7) is 1.56. The number of ether oxygens (including phenoxy) is 1. The Labute approximate surface area is 118 Å². The predicted octanol–water partition coefficient (Wildman–Crippen LogP) is 2.22. The molecule has 6 heteroatoms. The highest BCUT2D eigenvalue weighted by atomic mass is 35.5. The molecule has 1 heterocycles. The molecule has 106 valence electrons. The summed E-state index contributed by atoms with van der Waals surface area (Å²) < 4.78 is 5.83. The Morgan fingerprint density at radius 2 is 1.95 bits per heavy atom. The van der Waals surface area contributed by atoms with E-state index in [1.165, 1.54) is 0 Å². The molecule has 0 amide bonds. The molecule has 0 bridgehead atoms. The van der Waals surface area contributed by atoms with Crippen molar-refractivity contribution < 1.29 is 4.74 Å². The van der Waals surface area contributed by atoms with E-state index in [4.69, 9.17) is 22.1 Å². The second-order valence-corrected chi connectivity index (χ2v) is 5.35. The minimum absolute atomic E-state index is 0.378. The van der Waals surface area contributed by atoms with Gasteiger partial charge in [-0.1, -0.05) is 11.6 Å². The SMILES string of the molecule is NC1CCC(OCCCNc2ncc(Cl)cn2)CC1. The second-order valence-electron chi connectivity index (χ2n) is 4.91. The lowest BCUT2D eigenvalue weighted by Crippen LogP contribution is -2.30. The molecule has 0 spiro atoms. The first kappa shape index (κ1) is 14.5. The number of hydrogen-bond donors (Lipinski definition) is 2. The smallest absolute Gasteiger partial charge is 0.222 e. The first-order valence-electron chi connectivity index (χ1n) is 6.82. The molecule has 3 N–H and O–H groups in total. The number of nitrogens with two attached hydrogens (primary N) is 1. The average Bonchev–Trinajstić information content (AvgIpc) is 2.43. The highest BCUT2D eigenvalue weighted by molar-refractivity contribution is 6.30. The fourth-order valence-corrected chi connectivity index (χ4v) is 2.28. The van der Waals surface area contributed by atoms with Crippen molar-refractivity contribution >= 4 is 17.5 Å². The first-order valence-corrected chi connectivity index (χ1v) is 7.20. The monoisotopic (exact) mass is 284 g/mol. The Balaban J connectivity index is 1.53. The number of aromatic nitrogens is 2. The first-order chi connectivity index (χ1) is 9.24. The van der Waals surface area contributed by atoms with Crippen LogP contribution >= 0.6 is 11.6 Å². The molecular weight excluding hydrogens is 264 g/mol. The van der Waals surface area contributed by atoms with Crippen LogP contribution in [0.5, 0.6) is 0 Å². The fraction of sp³-hybridized carbons (Fsp3) is 0.692. The zero-order valence-electron chi connectivity index (χ0n) is 11.0. The molecule has 1 saturated carbocycles. The van der Waals surface area contributed by atoms with Gasteiger partial charge in [-0.05, 0) is 32.1 Å². The van der Waals surface area contributed by atoms with E-state index in [-0.39, 0.29) is 0 Å². The molecular formula is C13H21ClN4O. The molecule has 0 saturated heterocycles. The molecule has 2 rings (SSSR count). The lowest BCUT2D eigenvalue weighted by molar-refractivity contribution is 0.0251. The quantitative estimate of drug-likeness (QED) is 0.784. The summed E-state index contributed by atoms with van der Waals surface area (Å²) >= 11 is 5.71. The maximum absolute atomic E-state index is 5.86. The van der Waals surface area contributed by atoms with Crippen LogP contribution in [0.1, 0.15) is 32.1 Å². The third-order valence-electron chi connectivity index (χ3n) is 3.30. The number of rotatable bonds is 6. The van der Waals surface area contributed by atoms with Crippen molar-refractivity contribution in [2.75, 3.05) is 18.5 Å². The molecule has 1 fully saturated rings. The summed E-state index contributed by atoms with van der Waals surface area (Å²) in [7, 11) is 0. The molecule has 1 aliphatic carbocycles. The fourth-order valence-electron chi connectivity index (χ4n) is 2.18. The van der Waals surface area contributed by atoms with Gasteiger partial charge in [0.05, 0.1) is 23.5 Å². The Kier molecular flexibility index (Phi) is 5.82. The van der Waals surface area contributed by atoms with Crippen molar-refractivity contribution in [2.45, 2.75) is 44.2 Å². The molecule has 0 aliphatic heterocycles. The van der Waals surface area contributed by atoms with Crippen LogP contribution < -0.4 is 11.1 Å². The largest absolute Gasteiger partial charge is 0.378 e. The van der Waals surface area contributed by atoms with Crippen LogP contribution in [0, 0.1) is 0 Å². The third kappa shape index (κ3) is 5.30. The number of hydrogen-bond acceptors (Lipinski definition) is 5. The standard InChI is InChI=1S/C13H21ClN4O/c14-10-8-17-13(18-9-10)16-6-1-7-19-12-4-2-11(15)3-5-12/h8-9,11-12H,1-7,15H2,(H,16,17,18). The number of anilines is 1. The average molecular weight is 285 g/mol. The van der Waals surface area contributed by atoms with E-state index >= 15 is 0 Å². The van der Waals surface area contributed by atoms with Gasteiger partial charge in [0.15, 0.2) is 0 Å². The van der Waals surface area contributed by atoms with E-state index in [0.29, 0.717) is 23.1 Å². The van der Waals surface area contributed by atoms with Gasteiger partial charge in [-0.3, -0.25) is 0 Å². The zero-order chi connectivity index (χ0) is 13.5. The van der Waals surface area contributed by atoms with Crippen LogP contribution in [0.4, 0.5) is 5.95 Å². The van der Waals surface area contributed by atoms with Gasteiger partial charge in [-0.25, -0.2) is 9.97 Å². The highest BCUT2D eigenvalue weighted by Gasteiger charge is 2.18. The molecule has 0 radical (unpaired) electrons. The van der Waals surface area contributed by atoms with Crippen LogP contribution in [-0.2, 0) is 4.74 Å². The summed E-state index contributed by atoms with van der Waals surface area (Å²) in [5.74, 6) is 0.605. The van der Waals surface area contributed by atoms with Crippen LogP contribution in [0.2, 0.25) is 5.02 Å². The van der Waals surface area contributed by atoms with Crippen molar-refractivity contribution in [1.82, 2.24) is 9.97 Å². The maximum atomic E-state index is 5.86. The van der Waals surface area contributed by atoms with Crippen LogP contribution in [0.25, 0.3) is 0 Å². The Morgan fingerprint density at radius 1 is 1.26 bits per heavy atom. The molecule has 19 heavy (non-hydrogen) atoms. The van der Waals surface area contributed by atoms with Crippen molar-refractivity contribution in [1.29, 1.82) is 0 Å². The van der Waals surface area contributed by atoms with Crippen molar-refractivity contribution in [3.8, 4) is 0 Å². The van der Waals surface area contributed by atoms with Crippen LogP contribution in [0.15, 0.2) is 12.4 Å². The topological polar surface area (TPSA) is 73.1 Å².